The standard InChI is InChI=1S/C23H27FN2O2/c1-16(19-8-10-21(24)11-9-19)12-23(27)25-22-7-5-4-6-20(22)15-26-13-17(2)28-18(3)14-26/h4-12,17-18H,13-15H2,1-3H3,(H,25,27)/b16-12+. The fourth-order valence-corrected chi connectivity index (χ4v) is 3.60. The average Bonchev–Trinajstić information content (AvgIpc) is 2.63. The van der Waals surface area contributed by atoms with Crippen LogP contribution in [0.3, 0.4) is 0 Å². The molecule has 148 valence electrons. The second-order valence-corrected chi connectivity index (χ2v) is 7.43. The minimum Gasteiger partial charge on any atom is -0.373 e. The highest BCUT2D eigenvalue weighted by atomic mass is 19.1. The second-order valence-electron chi connectivity index (χ2n) is 7.43. The van der Waals surface area contributed by atoms with Crippen molar-refractivity contribution in [1.29, 1.82) is 0 Å². The van der Waals surface area contributed by atoms with E-state index in [1.807, 2.05) is 31.2 Å². The summed E-state index contributed by atoms with van der Waals surface area (Å²) < 4.78 is 18.9. The lowest BCUT2D eigenvalue weighted by Crippen LogP contribution is -2.44. The Morgan fingerprint density at radius 3 is 2.46 bits per heavy atom. The molecule has 1 saturated heterocycles. The molecule has 3 rings (SSSR count). The van der Waals surface area contributed by atoms with E-state index in [0.717, 1.165) is 42.0 Å². The summed E-state index contributed by atoms with van der Waals surface area (Å²) in [5.74, 6) is -0.486. The number of nitrogens with zero attached hydrogens (tertiary/aromatic N) is 1. The zero-order valence-electron chi connectivity index (χ0n) is 16.6. The van der Waals surface area contributed by atoms with Gasteiger partial charge in [0.2, 0.25) is 5.91 Å². The first-order valence-corrected chi connectivity index (χ1v) is 9.61. The van der Waals surface area contributed by atoms with Crippen LogP contribution in [0.25, 0.3) is 5.57 Å². The van der Waals surface area contributed by atoms with Crippen molar-refractivity contribution in [2.75, 3.05) is 18.4 Å². The zero-order valence-corrected chi connectivity index (χ0v) is 16.6. The number of rotatable bonds is 5. The molecular weight excluding hydrogens is 355 g/mol. The highest BCUT2D eigenvalue weighted by Crippen LogP contribution is 2.21. The van der Waals surface area contributed by atoms with Crippen LogP contribution in [0.4, 0.5) is 10.1 Å². The number of nitrogens with one attached hydrogen (secondary N) is 1. The van der Waals surface area contributed by atoms with Crippen molar-refractivity contribution in [3.8, 4) is 0 Å². The van der Waals surface area contributed by atoms with E-state index < -0.39 is 0 Å². The second kappa shape index (κ2) is 9.13. The predicted octanol–water partition coefficient (Wildman–Crippen LogP) is 4.48. The van der Waals surface area contributed by atoms with Gasteiger partial charge in [-0.05, 0) is 55.7 Å². The van der Waals surface area contributed by atoms with E-state index in [0.29, 0.717) is 0 Å². The van der Waals surface area contributed by atoms with Crippen LogP contribution < -0.4 is 5.32 Å². The molecule has 1 fully saturated rings. The summed E-state index contributed by atoms with van der Waals surface area (Å²) in [5, 5.41) is 2.99. The molecule has 5 heteroatoms. The molecule has 2 aromatic rings. The summed E-state index contributed by atoms with van der Waals surface area (Å²) in [6.07, 6.45) is 1.95. The average molecular weight is 382 g/mol. The van der Waals surface area contributed by atoms with Crippen LogP contribution in [0.2, 0.25) is 0 Å². The minimum atomic E-state index is -0.290. The quantitative estimate of drug-likeness (QED) is 0.776. The van der Waals surface area contributed by atoms with Gasteiger partial charge >= 0.3 is 0 Å². The van der Waals surface area contributed by atoms with E-state index in [1.165, 1.54) is 12.1 Å². The molecule has 2 atom stereocenters. The molecule has 1 aliphatic heterocycles. The van der Waals surface area contributed by atoms with Gasteiger partial charge < -0.3 is 10.1 Å². The van der Waals surface area contributed by atoms with Crippen LogP contribution in [0.15, 0.2) is 54.6 Å². The number of hydrogen-bond acceptors (Lipinski definition) is 3. The zero-order chi connectivity index (χ0) is 20.1. The van der Waals surface area contributed by atoms with Gasteiger partial charge in [0.15, 0.2) is 0 Å². The number of para-hydroxylation sites is 1. The van der Waals surface area contributed by atoms with Gasteiger partial charge in [0.05, 0.1) is 12.2 Å². The van der Waals surface area contributed by atoms with E-state index in [1.54, 1.807) is 18.2 Å². The largest absolute Gasteiger partial charge is 0.373 e. The van der Waals surface area contributed by atoms with Crippen molar-refractivity contribution in [3.63, 3.8) is 0 Å². The number of benzene rings is 2. The number of hydrogen-bond donors (Lipinski definition) is 1. The molecule has 0 bridgehead atoms. The summed E-state index contributed by atoms with van der Waals surface area (Å²) >= 11 is 0. The molecule has 0 radical (unpaired) electrons. The molecule has 0 spiro atoms. The third-order valence-electron chi connectivity index (χ3n) is 4.81. The van der Waals surface area contributed by atoms with E-state index in [4.69, 9.17) is 4.74 Å². The van der Waals surface area contributed by atoms with Crippen molar-refractivity contribution in [2.45, 2.75) is 39.5 Å². The van der Waals surface area contributed by atoms with E-state index in [9.17, 15) is 9.18 Å². The molecular formula is C23H27FN2O2. The van der Waals surface area contributed by atoms with Crippen molar-refractivity contribution in [2.24, 2.45) is 0 Å². The summed E-state index contributed by atoms with van der Waals surface area (Å²) in [7, 11) is 0. The first-order chi connectivity index (χ1) is 13.4. The third-order valence-corrected chi connectivity index (χ3v) is 4.81. The summed E-state index contributed by atoms with van der Waals surface area (Å²) in [5.41, 5.74) is 3.49. The first kappa shape index (κ1) is 20.2. The molecule has 0 aromatic heterocycles. The minimum absolute atomic E-state index is 0.196. The maximum atomic E-state index is 13.1. The molecule has 1 heterocycles. The lowest BCUT2D eigenvalue weighted by atomic mass is 10.1. The topological polar surface area (TPSA) is 41.6 Å². The third kappa shape index (κ3) is 5.50. The fourth-order valence-electron chi connectivity index (χ4n) is 3.60. The number of carbonyl (C=O) groups excluding carboxylic acids is 1. The fraction of sp³-hybridized carbons (Fsp3) is 0.348. The van der Waals surface area contributed by atoms with Gasteiger partial charge in [0.1, 0.15) is 5.82 Å². The molecule has 4 nitrogen and oxygen atoms in total. The van der Waals surface area contributed by atoms with Crippen LogP contribution in [-0.4, -0.2) is 36.1 Å². The van der Waals surface area contributed by atoms with Crippen molar-refractivity contribution < 1.29 is 13.9 Å². The SMILES string of the molecule is C/C(=C\C(=O)Nc1ccccc1CN1CC(C)OC(C)C1)c1ccc(F)cc1. The van der Waals surface area contributed by atoms with Gasteiger partial charge in [-0.3, -0.25) is 9.69 Å². The number of ether oxygens (including phenoxy) is 1. The van der Waals surface area contributed by atoms with Crippen LogP contribution in [0, 0.1) is 5.82 Å². The number of carbonyl (C=O) groups is 1. The van der Waals surface area contributed by atoms with Gasteiger partial charge in [-0.15, -0.1) is 0 Å². The Morgan fingerprint density at radius 1 is 1.14 bits per heavy atom. The van der Waals surface area contributed by atoms with Crippen molar-refractivity contribution in [3.05, 3.63) is 71.6 Å². The summed E-state index contributed by atoms with van der Waals surface area (Å²) in [6.45, 7) is 8.51. The first-order valence-electron chi connectivity index (χ1n) is 9.61. The van der Waals surface area contributed by atoms with Gasteiger partial charge in [-0.1, -0.05) is 30.3 Å². The lowest BCUT2D eigenvalue weighted by Gasteiger charge is -2.35. The Kier molecular flexibility index (Phi) is 6.60. The Balaban J connectivity index is 1.69. The molecule has 0 aliphatic carbocycles. The van der Waals surface area contributed by atoms with E-state index in [-0.39, 0.29) is 23.9 Å². The monoisotopic (exact) mass is 382 g/mol. The molecule has 0 saturated carbocycles. The number of morpholine rings is 1. The molecule has 1 amide bonds. The smallest absolute Gasteiger partial charge is 0.248 e. The highest BCUT2D eigenvalue weighted by molar-refractivity contribution is 6.04. The van der Waals surface area contributed by atoms with Crippen LogP contribution in [0.1, 0.15) is 31.9 Å². The molecule has 2 aromatic carbocycles. The maximum Gasteiger partial charge on any atom is 0.248 e. The van der Waals surface area contributed by atoms with Crippen molar-refractivity contribution >= 4 is 17.2 Å². The number of amides is 1. The Morgan fingerprint density at radius 2 is 1.79 bits per heavy atom. The molecule has 2 unspecified atom stereocenters. The van der Waals surface area contributed by atoms with Crippen LogP contribution >= 0.6 is 0 Å². The number of anilines is 1. The Bertz CT molecular complexity index is 838. The van der Waals surface area contributed by atoms with Crippen molar-refractivity contribution in [1.82, 2.24) is 4.90 Å². The van der Waals surface area contributed by atoms with E-state index >= 15 is 0 Å². The summed E-state index contributed by atoms with van der Waals surface area (Å²) in [4.78, 5) is 14.9. The molecule has 1 N–H and O–H groups in total. The van der Waals surface area contributed by atoms with Gasteiger partial charge in [0, 0.05) is 31.4 Å². The molecule has 28 heavy (non-hydrogen) atoms. The van der Waals surface area contributed by atoms with Crippen LogP contribution in [0.5, 0.6) is 0 Å². The highest BCUT2D eigenvalue weighted by Gasteiger charge is 2.22. The Labute approximate surface area is 166 Å². The molecule has 1 aliphatic rings. The summed E-state index contributed by atoms with van der Waals surface area (Å²) in [6, 6.07) is 14.0. The van der Waals surface area contributed by atoms with Gasteiger partial charge in [-0.2, -0.15) is 0 Å². The van der Waals surface area contributed by atoms with Gasteiger partial charge in [-0.25, -0.2) is 4.39 Å². The van der Waals surface area contributed by atoms with Crippen LogP contribution in [-0.2, 0) is 16.1 Å². The van der Waals surface area contributed by atoms with E-state index in [2.05, 4.69) is 24.1 Å². The maximum absolute atomic E-state index is 13.1. The predicted molar refractivity (Wildman–Crippen MR) is 110 cm³/mol. The number of allylic oxidation sites excluding steroid dienone is 1. The lowest BCUT2D eigenvalue weighted by molar-refractivity contribution is -0.111. The number of halogens is 1. The van der Waals surface area contributed by atoms with Gasteiger partial charge in [0.25, 0.3) is 0 Å². The Hall–Kier alpha value is -2.50. The normalized spacial score (nSPS) is 20.8.